The zero-order valence-corrected chi connectivity index (χ0v) is 32.2. The van der Waals surface area contributed by atoms with Crippen LogP contribution in [0.4, 0.5) is 34.1 Å². The summed E-state index contributed by atoms with van der Waals surface area (Å²) in [5.41, 5.74) is 14.7. The molecule has 0 fully saturated rings. The number of fused-ring (bicyclic) bond motifs is 15. The van der Waals surface area contributed by atoms with Crippen LogP contribution in [0.1, 0.15) is 0 Å². The van der Waals surface area contributed by atoms with Crippen LogP contribution < -0.4 is 9.80 Å². The van der Waals surface area contributed by atoms with Gasteiger partial charge < -0.3 is 14.4 Å². The molecular formula is C56H37N3. The van der Waals surface area contributed by atoms with Crippen LogP contribution in [0.15, 0.2) is 224 Å². The lowest BCUT2D eigenvalue weighted by Crippen LogP contribution is -2.12. The van der Waals surface area contributed by atoms with E-state index in [0.717, 1.165) is 67.6 Å². The van der Waals surface area contributed by atoms with Gasteiger partial charge in [-0.3, -0.25) is 0 Å². The molecule has 0 unspecified atom stereocenters. The molecule has 0 radical (unpaired) electrons. The maximum absolute atomic E-state index is 2.48. The highest BCUT2D eigenvalue weighted by molar-refractivity contribution is 6.15. The van der Waals surface area contributed by atoms with Crippen LogP contribution in [0.2, 0.25) is 0 Å². The minimum Gasteiger partial charge on any atom is -0.310 e. The molecule has 0 saturated heterocycles. The zero-order valence-electron chi connectivity index (χ0n) is 32.2. The Morgan fingerprint density at radius 1 is 0.254 bits per heavy atom. The first kappa shape index (κ1) is 33.3. The monoisotopic (exact) mass is 751 g/mol. The van der Waals surface area contributed by atoms with Gasteiger partial charge in [-0.15, -0.1) is 0 Å². The summed E-state index contributed by atoms with van der Waals surface area (Å²) in [6, 6.07) is 82.3. The maximum Gasteiger partial charge on any atom is 0.0782 e. The van der Waals surface area contributed by atoms with Gasteiger partial charge in [-0.25, -0.2) is 0 Å². The van der Waals surface area contributed by atoms with Crippen LogP contribution >= 0.6 is 0 Å². The van der Waals surface area contributed by atoms with E-state index in [4.69, 9.17) is 0 Å². The van der Waals surface area contributed by atoms with E-state index in [2.05, 4.69) is 239 Å². The standard InChI is InChI=1S/C56H37N3/c1-2-15-40-33-49(32-31-38(40)13-1)57-45-21-7-17-41(34-45)43-19-9-23-47(36-43)58(48-24-10-20-44(37-48)42-18-8-22-46(57)35-42)55-30-12-27-52-51-26-5-6-28-54(51)59(56(52)55)53-29-11-16-39-14-3-4-25-50(39)53/h1-37H. The average molecular weight is 752 g/mol. The summed E-state index contributed by atoms with van der Waals surface area (Å²) in [5.74, 6) is 0. The molecule has 1 aliphatic heterocycles. The van der Waals surface area contributed by atoms with Crippen LogP contribution in [0, 0.1) is 0 Å². The minimum absolute atomic E-state index is 1.09. The van der Waals surface area contributed by atoms with Gasteiger partial charge in [0.25, 0.3) is 0 Å². The highest BCUT2D eigenvalue weighted by Crippen LogP contribution is 2.46. The Hall–Kier alpha value is -7.88. The lowest BCUT2D eigenvalue weighted by Gasteiger charge is -2.29. The Balaban J connectivity index is 1.13. The Bertz CT molecular complexity index is 3330. The van der Waals surface area contributed by atoms with Crippen molar-refractivity contribution in [2.75, 3.05) is 9.80 Å². The first-order chi connectivity index (χ1) is 29.2. The van der Waals surface area contributed by atoms with E-state index in [1.54, 1.807) is 0 Å². The number of para-hydroxylation sites is 2. The zero-order chi connectivity index (χ0) is 38.9. The van der Waals surface area contributed by atoms with E-state index in [9.17, 15) is 0 Å². The molecule has 0 atom stereocenters. The molecule has 0 amide bonds. The van der Waals surface area contributed by atoms with Gasteiger partial charge in [0.15, 0.2) is 0 Å². The van der Waals surface area contributed by atoms with Crippen molar-refractivity contribution in [3.8, 4) is 27.9 Å². The van der Waals surface area contributed by atoms with Gasteiger partial charge in [0, 0.05) is 44.6 Å². The Labute approximate surface area is 342 Å². The molecular weight excluding hydrogens is 715 g/mol. The topological polar surface area (TPSA) is 11.4 Å². The van der Waals surface area contributed by atoms with Crippen molar-refractivity contribution in [3.63, 3.8) is 0 Å². The third-order valence-electron chi connectivity index (χ3n) is 12.0. The summed E-state index contributed by atoms with van der Waals surface area (Å²) in [5, 5.41) is 7.32. The Morgan fingerprint density at radius 2 is 0.712 bits per heavy atom. The number of hydrogen-bond acceptors (Lipinski definition) is 2. The first-order valence-corrected chi connectivity index (χ1v) is 20.3. The van der Waals surface area contributed by atoms with E-state index in [-0.39, 0.29) is 0 Å². The summed E-state index contributed by atoms with van der Waals surface area (Å²) in [6.07, 6.45) is 0. The van der Waals surface area contributed by atoms with E-state index >= 15 is 0 Å². The number of rotatable bonds is 3. The van der Waals surface area contributed by atoms with Gasteiger partial charge >= 0.3 is 0 Å². The molecule has 11 aromatic rings. The molecule has 10 aromatic carbocycles. The predicted molar refractivity (Wildman–Crippen MR) is 250 cm³/mol. The largest absolute Gasteiger partial charge is 0.310 e. The lowest BCUT2D eigenvalue weighted by atomic mass is 9.99. The van der Waals surface area contributed by atoms with Crippen LogP contribution in [0.3, 0.4) is 0 Å². The molecule has 0 aliphatic carbocycles. The molecule has 0 saturated carbocycles. The van der Waals surface area contributed by atoms with Crippen LogP contribution in [0.5, 0.6) is 0 Å². The van der Waals surface area contributed by atoms with E-state index in [0.29, 0.717) is 0 Å². The van der Waals surface area contributed by atoms with E-state index < -0.39 is 0 Å². The second-order valence-electron chi connectivity index (χ2n) is 15.4. The fourth-order valence-corrected chi connectivity index (χ4v) is 9.32. The molecule has 276 valence electrons. The number of benzene rings is 10. The van der Waals surface area contributed by atoms with Crippen molar-refractivity contribution < 1.29 is 0 Å². The summed E-state index contributed by atoms with van der Waals surface area (Å²) in [6.45, 7) is 0. The van der Waals surface area contributed by atoms with Gasteiger partial charge in [0.05, 0.1) is 22.4 Å². The molecule has 3 heteroatoms. The summed E-state index contributed by atoms with van der Waals surface area (Å²) in [7, 11) is 0. The van der Waals surface area contributed by atoms with Crippen molar-refractivity contribution >= 4 is 77.5 Å². The summed E-state index contributed by atoms with van der Waals surface area (Å²) in [4.78, 5) is 4.84. The average Bonchev–Trinajstić information content (AvgIpc) is 3.64. The minimum atomic E-state index is 1.09. The van der Waals surface area contributed by atoms with Crippen LogP contribution in [0.25, 0.3) is 71.3 Å². The van der Waals surface area contributed by atoms with E-state index in [1.165, 1.54) is 37.8 Å². The number of anilines is 6. The highest BCUT2D eigenvalue weighted by atomic mass is 15.2. The number of aromatic nitrogens is 1. The molecule has 2 heterocycles. The van der Waals surface area contributed by atoms with Crippen molar-refractivity contribution in [2.24, 2.45) is 0 Å². The first-order valence-electron chi connectivity index (χ1n) is 20.3. The maximum atomic E-state index is 2.48. The van der Waals surface area contributed by atoms with E-state index in [1.807, 2.05) is 0 Å². The SMILES string of the molecule is c1cc2cc(c1)N(c1ccc3ccccc3c1)c1cccc(c1)-c1cccc(c1)N(c1cccc3c4ccccc4n(-c4cccc5ccccc45)c13)c1cccc-2c1. The quantitative estimate of drug-likeness (QED) is 0.178. The highest BCUT2D eigenvalue weighted by Gasteiger charge is 2.24. The molecule has 3 nitrogen and oxygen atoms in total. The van der Waals surface area contributed by atoms with Crippen LogP contribution in [-0.2, 0) is 0 Å². The normalized spacial score (nSPS) is 12.3. The van der Waals surface area contributed by atoms with Gasteiger partial charge in [-0.1, -0.05) is 146 Å². The third-order valence-corrected chi connectivity index (χ3v) is 12.0. The molecule has 12 rings (SSSR count). The van der Waals surface area contributed by atoms with Gasteiger partial charge in [0.2, 0.25) is 0 Å². The van der Waals surface area contributed by atoms with Crippen molar-refractivity contribution in [1.29, 1.82) is 0 Å². The second kappa shape index (κ2) is 13.4. The van der Waals surface area contributed by atoms with Crippen molar-refractivity contribution in [3.05, 3.63) is 224 Å². The Morgan fingerprint density at radius 3 is 1.37 bits per heavy atom. The molecule has 8 bridgehead atoms. The molecule has 0 spiro atoms. The summed E-state index contributed by atoms with van der Waals surface area (Å²) >= 11 is 0. The molecule has 1 aromatic heterocycles. The Kier molecular flexibility index (Phi) is 7.54. The van der Waals surface area contributed by atoms with Gasteiger partial charge in [-0.2, -0.15) is 0 Å². The van der Waals surface area contributed by atoms with Crippen molar-refractivity contribution in [1.82, 2.24) is 4.57 Å². The van der Waals surface area contributed by atoms with Crippen molar-refractivity contribution in [2.45, 2.75) is 0 Å². The molecule has 1 aliphatic rings. The van der Waals surface area contributed by atoms with Gasteiger partial charge in [-0.05, 0) is 117 Å². The second-order valence-corrected chi connectivity index (χ2v) is 15.4. The van der Waals surface area contributed by atoms with Gasteiger partial charge in [0.1, 0.15) is 0 Å². The fraction of sp³-hybridized carbons (Fsp3) is 0. The molecule has 59 heavy (non-hydrogen) atoms. The summed E-state index contributed by atoms with van der Waals surface area (Å²) < 4.78 is 2.48. The fourth-order valence-electron chi connectivity index (χ4n) is 9.32. The number of hydrogen-bond donors (Lipinski definition) is 0. The van der Waals surface area contributed by atoms with Crippen LogP contribution in [-0.4, -0.2) is 4.57 Å². The molecule has 0 N–H and O–H groups in total. The smallest absolute Gasteiger partial charge is 0.0782 e. The third kappa shape index (κ3) is 5.44. The lowest BCUT2D eigenvalue weighted by molar-refractivity contribution is 1.18. The predicted octanol–water partition coefficient (Wildman–Crippen LogP) is 15.7. The number of nitrogens with zero attached hydrogens (tertiary/aromatic N) is 3.